The van der Waals surface area contributed by atoms with Crippen LogP contribution < -0.4 is 15.0 Å². The van der Waals surface area contributed by atoms with E-state index in [4.69, 9.17) is 9.47 Å². The van der Waals surface area contributed by atoms with Crippen molar-refractivity contribution in [2.75, 3.05) is 49.4 Å². The summed E-state index contributed by atoms with van der Waals surface area (Å²) in [5.74, 6) is 0.468. The first kappa shape index (κ1) is 29.4. The lowest BCUT2D eigenvalue weighted by atomic mass is 10.1. The number of methoxy groups -OCH3 is 1. The Kier molecular flexibility index (Phi) is 10.4. The molecule has 1 atom stereocenters. The van der Waals surface area contributed by atoms with Gasteiger partial charge in [0.15, 0.2) is 5.16 Å². The highest BCUT2D eigenvalue weighted by molar-refractivity contribution is 7.99. The smallest absolute Gasteiger partial charge is 0.247 e. The Balaban J connectivity index is 1.49. The standard InChI is InChI=1S/C30H37N5O4S/c1-5-27(29(37)33-24-8-10-25(11-9-24)34-14-16-39-17-15-34)35(19-23-6-12-26(38-4)13-7-23)28(36)20-40-30-31-21(2)18-22(3)32-30/h6-13,18,27H,5,14-17,19-20H2,1-4H3,(H,33,37). The van der Waals surface area contributed by atoms with E-state index >= 15 is 0 Å². The normalized spacial score (nSPS) is 13.9. The number of nitrogens with zero attached hydrogens (tertiary/aromatic N) is 4. The number of aryl methyl sites for hydroxylation is 2. The molecule has 1 aromatic heterocycles. The van der Waals surface area contributed by atoms with Gasteiger partial charge in [0.05, 0.1) is 26.1 Å². The zero-order valence-corrected chi connectivity index (χ0v) is 24.4. The summed E-state index contributed by atoms with van der Waals surface area (Å²) in [4.78, 5) is 40.0. The molecule has 3 aromatic rings. The molecule has 212 valence electrons. The van der Waals surface area contributed by atoms with Crippen LogP contribution in [-0.2, 0) is 20.9 Å². The summed E-state index contributed by atoms with van der Waals surface area (Å²) < 4.78 is 10.7. The van der Waals surface area contributed by atoms with Crippen molar-refractivity contribution in [3.05, 3.63) is 71.5 Å². The molecular formula is C30H37N5O4S. The zero-order chi connectivity index (χ0) is 28.5. The minimum Gasteiger partial charge on any atom is -0.497 e. The number of benzene rings is 2. The minimum atomic E-state index is -0.658. The largest absolute Gasteiger partial charge is 0.497 e. The van der Waals surface area contributed by atoms with Crippen molar-refractivity contribution in [2.24, 2.45) is 0 Å². The third-order valence-corrected chi connectivity index (χ3v) is 7.53. The Labute approximate surface area is 240 Å². The Bertz CT molecular complexity index is 1260. The molecular weight excluding hydrogens is 526 g/mol. The fourth-order valence-corrected chi connectivity index (χ4v) is 5.45. The first-order chi connectivity index (χ1) is 19.4. The third kappa shape index (κ3) is 7.95. The first-order valence-corrected chi connectivity index (χ1v) is 14.5. The van der Waals surface area contributed by atoms with Gasteiger partial charge in [-0.1, -0.05) is 30.8 Å². The number of morpholine rings is 1. The monoisotopic (exact) mass is 563 g/mol. The molecule has 0 aliphatic carbocycles. The van der Waals surface area contributed by atoms with Crippen molar-refractivity contribution >= 4 is 35.0 Å². The van der Waals surface area contributed by atoms with Crippen LogP contribution in [0, 0.1) is 13.8 Å². The number of amides is 2. The molecule has 1 N–H and O–H groups in total. The predicted octanol–water partition coefficient (Wildman–Crippen LogP) is 4.48. The molecule has 40 heavy (non-hydrogen) atoms. The molecule has 1 unspecified atom stereocenters. The molecule has 0 radical (unpaired) electrons. The molecule has 10 heteroatoms. The highest BCUT2D eigenvalue weighted by Gasteiger charge is 2.29. The number of nitrogens with one attached hydrogen (secondary N) is 1. The maximum absolute atomic E-state index is 13.6. The maximum atomic E-state index is 13.6. The van der Waals surface area contributed by atoms with Crippen LogP contribution in [0.4, 0.5) is 11.4 Å². The van der Waals surface area contributed by atoms with Gasteiger partial charge in [0.1, 0.15) is 11.8 Å². The number of ether oxygens (including phenoxy) is 2. The SMILES string of the molecule is CCC(C(=O)Nc1ccc(N2CCOCC2)cc1)N(Cc1ccc(OC)cc1)C(=O)CSc1nc(C)cc(C)n1. The molecule has 0 bridgehead atoms. The van der Waals surface area contributed by atoms with Crippen LogP contribution in [-0.4, -0.2) is 71.9 Å². The average molecular weight is 564 g/mol. The second-order valence-corrected chi connectivity index (χ2v) is 10.6. The van der Waals surface area contributed by atoms with E-state index in [2.05, 4.69) is 20.2 Å². The summed E-state index contributed by atoms with van der Waals surface area (Å²) in [5.41, 5.74) is 4.39. The van der Waals surface area contributed by atoms with Crippen molar-refractivity contribution in [3.63, 3.8) is 0 Å². The molecule has 1 aliphatic rings. The topological polar surface area (TPSA) is 96.9 Å². The van der Waals surface area contributed by atoms with Gasteiger partial charge < -0.3 is 24.6 Å². The van der Waals surface area contributed by atoms with Crippen molar-refractivity contribution in [3.8, 4) is 5.75 Å². The number of thioether (sulfide) groups is 1. The van der Waals surface area contributed by atoms with Gasteiger partial charge in [-0.3, -0.25) is 9.59 Å². The zero-order valence-electron chi connectivity index (χ0n) is 23.6. The van der Waals surface area contributed by atoms with Crippen LogP contribution in [0.15, 0.2) is 59.8 Å². The third-order valence-electron chi connectivity index (χ3n) is 6.70. The second-order valence-electron chi connectivity index (χ2n) is 9.65. The quantitative estimate of drug-likeness (QED) is 0.270. The van der Waals surface area contributed by atoms with Gasteiger partial charge in [-0.2, -0.15) is 0 Å². The van der Waals surface area contributed by atoms with Gasteiger partial charge in [-0.25, -0.2) is 9.97 Å². The van der Waals surface area contributed by atoms with Crippen molar-refractivity contribution in [1.29, 1.82) is 0 Å². The molecule has 1 aliphatic heterocycles. The van der Waals surface area contributed by atoms with Crippen LogP contribution in [0.5, 0.6) is 5.75 Å². The first-order valence-electron chi connectivity index (χ1n) is 13.5. The van der Waals surface area contributed by atoms with Gasteiger partial charge in [0.25, 0.3) is 0 Å². The summed E-state index contributed by atoms with van der Waals surface area (Å²) in [6.45, 7) is 9.13. The molecule has 0 saturated carbocycles. The van der Waals surface area contributed by atoms with E-state index in [9.17, 15) is 9.59 Å². The highest BCUT2D eigenvalue weighted by Crippen LogP contribution is 2.22. The van der Waals surface area contributed by atoms with Crippen LogP contribution in [0.1, 0.15) is 30.3 Å². The fraction of sp³-hybridized carbons (Fsp3) is 0.400. The second kappa shape index (κ2) is 14.1. The van der Waals surface area contributed by atoms with E-state index in [0.29, 0.717) is 37.0 Å². The Hall–Kier alpha value is -3.63. The van der Waals surface area contributed by atoms with E-state index in [1.807, 2.05) is 75.4 Å². The van der Waals surface area contributed by atoms with E-state index in [0.717, 1.165) is 41.5 Å². The summed E-state index contributed by atoms with van der Waals surface area (Å²) in [7, 11) is 1.61. The Morgan fingerprint density at radius 2 is 1.70 bits per heavy atom. The lowest BCUT2D eigenvalue weighted by Gasteiger charge is -2.31. The van der Waals surface area contributed by atoms with Crippen LogP contribution in [0.2, 0.25) is 0 Å². The lowest BCUT2D eigenvalue weighted by Crippen LogP contribution is -2.47. The number of carbonyl (C=O) groups excluding carboxylic acids is 2. The number of carbonyl (C=O) groups is 2. The minimum absolute atomic E-state index is 0.122. The molecule has 1 fully saturated rings. The molecule has 1 saturated heterocycles. The summed E-state index contributed by atoms with van der Waals surface area (Å²) in [6.07, 6.45) is 0.463. The van der Waals surface area contributed by atoms with Crippen LogP contribution in [0.25, 0.3) is 0 Å². The summed E-state index contributed by atoms with van der Waals surface area (Å²) in [5, 5.41) is 3.57. The van der Waals surface area contributed by atoms with Crippen molar-refractivity contribution in [1.82, 2.24) is 14.9 Å². The van der Waals surface area contributed by atoms with Gasteiger partial charge in [-0.05, 0) is 68.3 Å². The van der Waals surface area contributed by atoms with E-state index in [1.54, 1.807) is 12.0 Å². The highest BCUT2D eigenvalue weighted by atomic mass is 32.2. The molecule has 9 nitrogen and oxygen atoms in total. The molecule has 2 amide bonds. The summed E-state index contributed by atoms with van der Waals surface area (Å²) in [6, 6.07) is 16.6. The number of hydrogen-bond donors (Lipinski definition) is 1. The lowest BCUT2D eigenvalue weighted by molar-refractivity contribution is -0.137. The van der Waals surface area contributed by atoms with Gasteiger partial charge in [0, 0.05) is 42.4 Å². The van der Waals surface area contributed by atoms with Crippen LogP contribution >= 0.6 is 11.8 Å². The maximum Gasteiger partial charge on any atom is 0.247 e. The van der Waals surface area contributed by atoms with Crippen LogP contribution in [0.3, 0.4) is 0 Å². The Morgan fingerprint density at radius 3 is 2.30 bits per heavy atom. The van der Waals surface area contributed by atoms with Crippen molar-refractivity contribution < 1.29 is 19.1 Å². The average Bonchev–Trinajstić information content (AvgIpc) is 2.96. The predicted molar refractivity (Wildman–Crippen MR) is 158 cm³/mol. The molecule has 0 spiro atoms. The Morgan fingerprint density at radius 1 is 1.05 bits per heavy atom. The van der Waals surface area contributed by atoms with Gasteiger partial charge in [-0.15, -0.1) is 0 Å². The number of aromatic nitrogens is 2. The van der Waals surface area contributed by atoms with Gasteiger partial charge in [0.2, 0.25) is 11.8 Å². The molecule has 4 rings (SSSR count). The van der Waals surface area contributed by atoms with E-state index in [-0.39, 0.29) is 17.6 Å². The summed E-state index contributed by atoms with van der Waals surface area (Å²) >= 11 is 1.28. The molecule has 2 heterocycles. The number of anilines is 2. The fourth-order valence-electron chi connectivity index (χ4n) is 4.62. The van der Waals surface area contributed by atoms with E-state index < -0.39 is 6.04 Å². The van der Waals surface area contributed by atoms with Gasteiger partial charge >= 0.3 is 0 Å². The number of rotatable bonds is 11. The van der Waals surface area contributed by atoms with Crippen molar-refractivity contribution in [2.45, 2.75) is 44.9 Å². The van der Waals surface area contributed by atoms with E-state index in [1.165, 1.54) is 11.8 Å². The number of hydrogen-bond acceptors (Lipinski definition) is 8. The molecule has 2 aromatic carbocycles.